The van der Waals surface area contributed by atoms with Gasteiger partial charge in [-0.05, 0) is 45.0 Å². The van der Waals surface area contributed by atoms with Crippen LogP contribution in [0.4, 0.5) is 4.39 Å². The third kappa shape index (κ3) is 2.82. The Kier molecular flexibility index (Phi) is 3.79. The first-order valence-electron chi connectivity index (χ1n) is 6.25. The second-order valence-electron chi connectivity index (χ2n) is 4.73. The molecule has 1 aromatic carbocycles. The summed E-state index contributed by atoms with van der Waals surface area (Å²) in [7, 11) is 0. The number of phenolic OH excluding ortho intramolecular Hbond substituents is 1. The largest absolute Gasteiger partial charge is 0.507 e. The predicted octanol–water partition coefficient (Wildman–Crippen LogP) is 3.23. The van der Waals surface area contributed by atoms with Crippen LogP contribution in [0, 0.1) is 19.7 Å². The number of halogens is 1. The molecular weight excluding hydrogens is 261 g/mol. The fourth-order valence-corrected chi connectivity index (χ4v) is 2.12. The smallest absolute Gasteiger partial charge is 0.255 e. The minimum absolute atomic E-state index is 0.0882. The van der Waals surface area contributed by atoms with Crippen molar-refractivity contribution in [3.05, 3.63) is 52.7 Å². The van der Waals surface area contributed by atoms with E-state index in [9.17, 15) is 14.3 Å². The summed E-state index contributed by atoms with van der Waals surface area (Å²) in [6, 6.07) is 4.79. The van der Waals surface area contributed by atoms with Gasteiger partial charge >= 0.3 is 0 Å². The average molecular weight is 277 g/mol. The van der Waals surface area contributed by atoms with Crippen LogP contribution in [0.3, 0.4) is 0 Å². The number of amides is 1. The molecule has 1 heterocycles. The SMILES string of the molecule is Cc1cc(C(C)NC(=O)c2cc(F)ccc2O)c(C)o1. The molecule has 0 saturated carbocycles. The van der Waals surface area contributed by atoms with Crippen molar-refractivity contribution in [2.45, 2.75) is 26.8 Å². The van der Waals surface area contributed by atoms with Crippen LogP contribution in [0.25, 0.3) is 0 Å². The van der Waals surface area contributed by atoms with Crippen LogP contribution >= 0.6 is 0 Å². The van der Waals surface area contributed by atoms with Crippen molar-refractivity contribution in [1.82, 2.24) is 5.32 Å². The summed E-state index contributed by atoms with van der Waals surface area (Å²) in [5.74, 6) is 0.117. The van der Waals surface area contributed by atoms with Gasteiger partial charge in [0.1, 0.15) is 23.1 Å². The lowest BCUT2D eigenvalue weighted by atomic mass is 10.1. The topological polar surface area (TPSA) is 62.5 Å². The van der Waals surface area contributed by atoms with Crippen molar-refractivity contribution in [1.29, 1.82) is 0 Å². The summed E-state index contributed by atoms with van der Waals surface area (Å²) in [5.41, 5.74) is 0.765. The molecule has 0 bridgehead atoms. The fraction of sp³-hybridized carbons (Fsp3) is 0.267. The van der Waals surface area contributed by atoms with Gasteiger partial charge < -0.3 is 14.8 Å². The summed E-state index contributed by atoms with van der Waals surface area (Å²) in [6.45, 7) is 5.43. The van der Waals surface area contributed by atoms with E-state index in [2.05, 4.69) is 5.32 Å². The van der Waals surface area contributed by atoms with Gasteiger partial charge in [0.25, 0.3) is 5.91 Å². The van der Waals surface area contributed by atoms with E-state index in [1.807, 2.05) is 19.9 Å². The van der Waals surface area contributed by atoms with Gasteiger partial charge in [-0.2, -0.15) is 0 Å². The van der Waals surface area contributed by atoms with Crippen LogP contribution < -0.4 is 5.32 Å². The van der Waals surface area contributed by atoms with Crippen LogP contribution in [0.15, 0.2) is 28.7 Å². The maximum atomic E-state index is 13.1. The average Bonchev–Trinajstić information content (AvgIpc) is 2.71. The Morgan fingerprint density at radius 3 is 2.65 bits per heavy atom. The molecule has 106 valence electrons. The first kappa shape index (κ1) is 14.1. The molecule has 2 N–H and O–H groups in total. The van der Waals surface area contributed by atoms with Gasteiger partial charge in [0.05, 0.1) is 11.6 Å². The minimum Gasteiger partial charge on any atom is -0.507 e. The third-order valence-electron chi connectivity index (χ3n) is 3.10. The lowest BCUT2D eigenvalue weighted by Crippen LogP contribution is -2.27. The van der Waals surface area contributed by atoms with Crippen LogP contribution in [0.5, 0.6) is 5.75 Å². The summed E-state index contributed by atoms with van der Waals surface area (Å²) >= 11 is 0. The molecule has 1 aromatic heterocycles. The number of nitrogens with one attached hydrogen (secondary N) is 1. The number of carbonyl (C=O) groups excluding carboxylic acids is 1. The monoisotopic (exact) mass is 277 g/mol. The van der Waals surface area contributed by atoms with Gasteiger partial charge in [0.15, 0.2) is 0 Å². The molecule has 0 spiro atoms. The van der Waals surface area contributed by atoms with E-state index in [4.69, 9.17) is 4.42 Å². The molecular formula is C15H16FNO3. The molecule has 2 aromatic rings. The van der Waals surface area contributed by atoms with Gasteiger partial charge in [0, 0.05) is 5.56 Å². The van der Waals surface area contributed by atoms with E-state index in [-0.39, 0.29) is 17.4 Å². The molecule has 0 aliphatic carbocycles. The number of phenols is 1. The summed E-state index contributed by atoms with van der Waals surface area (Å²) in [4.78, 5) is 12.1. The van der Waals surface area contributed by atoms with Crippen molar-refractivity contribution in [2.24, 2.45) is 0 Å². The van der Waals surface area contributed by atoms with E-state index in [0.29, 0.717) is 0 Å². The lowest BCUT2D eigenvalue weighted by molar-refractivity contribution is 0.0936. The first-order valence-corrected chi connectivity index (χ1v) is 6.25. The fourth-order valence-electron chi connectivity index (χ4n) is 2.12. The molecule has 2 rings (SSSR count). The van der Waals surface area contributed by atoms with Crippen LogP contribution in [-0.2, 0) is 0 Å². The highest BCUT2D eigenvalue weighted by Gasteiger charge is 2.18. The number of aromatic hydroxyl groups is 1. The summed E-state index contributed by atoms with van der Waals surface area (Å²) in [5, 5.41) is 12.3. The Morgan fingerprint density at radius 2 is 2.05 bits per heavy atom. The van der Waals surface area contributed by atoms with Crippen LogP contribution in [-0.4, -0.2) is 11.0 Å². The Morgan fingerprint density at radius 1 is 1.35 bits per heavy atom. The Bertz CT molecular complexity index is 649. The van der Waals surface area contributed by atoms with Gasteiger partial charge in [-0.1, -0.05) is 0 Å². The standard InChI is InChI=1S/C15H16FNO3/c1-8-6-12(10(3)20-8)9(2)17-15(19)13-7-11(16)4-5-14(13)18/h4-7,9,18H,1-3H3,(H,17,19). The molecule has 0 aliphatic heterocycles. The minimum atomic E-state index is -0.573. The molecule has 1 amide bonds. The van der Waals surface area contributed by atoms with Crippen molar-refractivity contribution >= 4 is 5.91 Å². The Balaban J connectivity index is 2.19. The zero-order valence-electron chi connectivity index (χ0n) is 11.5. The molecule has 1 unspecified atom stereocenters. The van der Waals surface area contributed by atoms with E-state index in [1.54, 1.807) is 6.92 Å². The van der Waals surface area contributed by atoms with Gasteiger partial charge in [-0.15, -0.1) is 0 Å². The summed E-state index contributed by atoms with van der Waals surface area (Å²) in [6.07, 6.45) is 0. The molecule has 0 radical (unpaired) electrons. The molecule has 1 atom stereocenters. The number of rotatable bonds is 3. The maximum Gasteiger partial charge on any atom is 0.255 e. The quantitative estimate of drug-likeness (QED) is 0.905. The molecule has 0 fully saturated rings. The predicted molar refractivity (Wildman–Crippen MR) is 72.1 cm³/mol. The van der Waals surface area contributed by atoms with E-state index in [1.165, 1.54) is 0 Å². The molecule has 4 nitrogen and oxygen atoms in total. The second kappa shape index (κ2) is 5.36. The second-order valence-corrected chi connectivity index (χ2v) is 4.73. The third-order valence-corrected chi connectivity index (χ3v) is 3.10. The number of benzene rings is 1. The Labute approximate surface area is 116 Å². The van der Waals surface area contributed by atoms with Crippen molar-refractivity contribution in [3.63, 3.8) is 0 Å². The number of hydrogen-bond acceptors (Lipinski definition) is 3. The van der Waals surface area contributed by atoms with Gasteiger partial charge in [-0.25, -0.2) is 4.39 Å². The highest BCUT2D eigenvalue weighted by atomic mass is 19.1. The Hall–Kier alpha value is -2.30. The van der Waals surface area contributed by atoms with Crippen molar-refractivity contribution in [2.75, 3.05) is 0 Å². The molecule has 0 aliphatic rings. The molecule has 0 saturated heterocycles. The van der Waals surface area contributed by atoms with Crippen molar-refractivity contribution in [3.8, 4) is 5.75 Å². The summed E-state index contributed by atoms with van der Waals surface area (Å²) < 4.78 is 18.5. The number of furan rings is 1. The van der Waals surface area contributed by atoms with Gasteiger partial charge in [-0.3, -0.25) is 4.79 Å². The first-order chi connectivity index (χ1) is 9.38. The van der Waals surface area contributed by atoms with E-state index in [0.717, 1.165) is 35.3 Å². The molecule has 5 heteroatoms. The maximum absolute atomic E-state index is 13.1. The highest BCUT2D eigenvalue weighted by Crippen LogP contribution is 2.23. The van der Waals surface area contributed by atoms with Crippen LogP contribution in [0.2, 0.25) is 0 Å². The lowest BCUT2D eigenvalue weighted by Gasteiger charge is -2.14. The van der Waals surface area contributed by atoms with Crippen molar-refractivity contribution < 1.29 is 18.7 Å². The van der Waals surface area contributed by atoms with E-state index < -0.39 is 11.7 Å². The highest BCUT2D eigenvalue weighted by molar-refractivity contribution is 5.97. The normalized spacial score (nSPS) is 12.2. The zero-order valence-corrected chi connectivity index (χ0v) is 11.5. The molecule has 20 heavy (non-hydrogen) atoms. The number of aryl methyl sites for hydroxylation is 2. The number of hydrogen-bond donors (Lipinski definition) is 2. The van der Waals surface area contributed by atoms with Crippen LogP contribution in [0.1, 0.15) is 40.4 Å². The number of carbonyl (C=O) groups is 1. The van der Waals surface area contributed by atoms with E-state index >= 15 is 0 Å². The van der Waals surface area contributed by atoms with Gasteiger partial charge in [0.2, 0.25) is 0 Å². The zero-order chi connectivity index (χ0) is 14.9.